The molecule has 94 valence electrons. The zero-order valence-electron chi connectivity index (χ0n) is 9.02. The lowest BCUT2D eigenvalue weighted by Gasteiger charge is -2.04. The van der Waals surface area contributed by atoms with Gasteiger partial charge in [-0.25, -0.2) is 4.79 Å². The molecule has 1 N–H and O–H groups in total. The highest BCUT2D eigenvalue weighted by Gasteiger charge is 2.12. The van der Waals surface area contributed by atoms with Crippen LogP contribution in [0.1, 0.15) is 15.2 Å². The van der Waals surface area contributed by atoms with Gasteiger partial charge in [0.25, 0.3) is 0 Å². The van der Waals surface area contributed by atoms with Gasteiger partial charge in [-0.05, 0) is 35.2 Å². The largest absolute Gasteiger partial charge is 0.477 e. The van der Waals surface area contributed by atoms with Crippen LogP contribution in [-0.4, -0.2) is 11.1 Å². The second-order valence-electron chi connectivity index (χ2n) is 3.44. The Morgan fingerprint density at radius 1 is 1.33 bits per heavy atom. The monoisotopic (exact) mass is 318 g/mol. The Morgan fingerprint density at radius 2 is 2.11 bits per heavy atom. The smallest absolute Gasteiger partial charge is 0.346 e. The molecule has 0 unspecified atom stereocenters. The molecular formula is C12H8Cl2O2S2. The molecule has 0 fully saturated rings. The van der Waals surface area contributed by atoms with Crippen molar-refractivity contribution in [3.63, 3.8) is 0 Å². The molecule has 0 spiro atoms. The number of halogens is 2. The van der Waals surface area contributed by atoms with E-state index in [1.165, 1.54) is 23.1 Å². The van der Waals surface area contributed by atoms with Gasteiger partial charge in [0.15, 0.2) is 0 Å². The molecule has 1 aromatic heterocycles. The van der Waals surface area contributed by atoms with Crippen molar-refractivity contribution in [2.75, 3.05) is 0 Å². The van der Waals surface area contributed by atoms with Crippen LogP contribution in [0.4, 0.5) is 0 Å². The maximum Gasteiger partial charge on any atom is 0.346 e. The number of carboxylic acid groups (broad SMARTS) is 1. The third kappa shape index (κ3) is 3.20. The highest BCUT2D eigenvalue weighted by atomic mass is 35.5. The first-order valence-corrected chi connectivity index (χ1v) is 7.57. The molecule has 2 nitrogen and oxygen atoms in total. The van der Waals surface area contributed by atoms with Crippen LogP contribution in [0.2, 0.25) is 10.0 Å². The summed E-state index contributed by atoms with van der Waals surface area (Å²) < 4.78 is 0. The Balaban J connectivity index is 2.14. The Kier molecular flexibility index (Phi) is 4.56. The lowest BCUT2D eigenvalue weighted by atomic mass is 10.3. The zero-order valence-corrected chi connectivity index (χ0v) is 12.2. The normalized spacial score (nSPS) is 10.6. The summed E-state index contributed by atoms with van der Waals surface area (Å²) in [7, 11) is 0. The molecule has 18 heavy (non-hydrogen) atoms. The minimum atomic E-state index is -0.891. The highest BCUT2D eigenvalue weighted by Crippen LogP contribution is 2.33. The van der Waals surface area contributed by atoms with Crippen LogP contribution in [0.3, 0.4) is 0 Å². The van der Waals surface area contributed by atoms with Crippen molar-refractivity contribution in [3.8, 4) is 0 Å². The number of benzene rings is 1. The van der Waals surface area contributed by atoms with Gasteiger partial charge in [0.1, 0.15) is 4.88 Å². The van der Waals surface area contributed by atoms with E-state index in [4.69, 9.17) is 28.3 Å². The van der Waals surface area contributed by atoms with Gasteiger partial charge in [-0.1, -0.05) is 23.2 Å². The topological polar surface area (TPSA) is 37.3 Å². The van der Waals surface area contributed by atoms with Crippen LogP contribution >= 0.6 is 46.3 Å². The van der Waals surface area contributed by atoms with E-state index in [0.717, 1.165) is 10.5 Å². The molecule has 0 aliphatic rings. The zero-order chi connectivity index (χ0) is 13.1. The molecule has 2 rings (SSSR count). The van der Waals surface area contributed by atoms with Gasteiger partial charge in [0, 0.05) is 15.7 Å². The van der Waals surface area contributed by atoms with Crippen LogP contribution in [-0.2, 0) is 5.75 Å². The van der Waals surface area contributed by atoms with Gasteiger partial charge < -0.3 is 5.11 Å². The van der Waals surface area contributed by atoms with Crippen molar-refractivity contribution in [1.29, 1.82) is 0 Å². The van der Waals surface area contributed by atoms with Crippen molar-refractivity contribution < 1.29 is 9.90 Å². The van der Waals surface area contributed by atoms with Gasteiger partial charge in [-0.3, -0.25) is 0 Å². The van der Waals surface area contributed by atoms with Gasteiger partial charge in [-0.2, -0.15) is 0 Å². The number of carboxylic acids is 1. The van der Waals surface area contributed by atoms with Crippen molar-refractivity contribution in [3.05, 3.63) is 50.1 Å². The standard InChI is InChI=1S/C12H8Cl2O2S2/c13-8-1-2-9(14)10(5-8)18-6-7-3-4-17-11(7)12(15)16/h1-5H,6H2,(H,15,16). The molecule has 0 radical (unpaired) electrons. The number of carbonyl (C=O) groups is 1. The van der Waals surface area contributed by atoms with E-state index in [2.05, 4.69) is 0 Å². The quantitative estimate of drug-likeness (QED) is 0.802. The van der Waals surface area contributed by atoms with E-state index in [9.17, 15) is 4.79 Å². The Bertz CT molecular complexity index is 581. The Hall–Kier alpha value is -0.680. The molecule has 0 amide bonds. The lowest BCUT2D eigenvalue weighted by molar-refractivity contribution is 0.0701. The van der Waals surface area contributed by atoms with E-state index < -0.39 is 5.97 Å². The Labute approximate surface area is 123 Å². The summed E-state index contributed by atoms with van der Waals surface area (Å²) in [6.07, 6.45) is 0. The molecule has 6 heteroatoms. The van der Waals surface area contributed by atoms with E-state index in [1.807, 2.05) is 6.07 Å². The fourth-order valence-electron chi connectivity index (χ4n) is 1.38. The molecule has 0 aliphatic carbocycles. The number of hydrogen-bond acceptors (Lipinski definition) is 3. The summed E-state index contributed by atoms with van der Waals surface area (Å²) in [5.41, 5.74) is 0.800. The molecule has 0 aliphatic heterocycles. The van der Waals surface area contributed by atoms with Crippen molar-refractivity contribution >= 4 is 52.3 Å². The second kappa shape index (κ2) is 5.97. The van der Waals surface area contributed by atoms with E-state index in [0.29, 0.717) is 20.7 Å². The summed E-state index contributed by atoms with van der Waals surface area (Å²) in [6, 6.07) is 7.06. The third-order valence-corrected chi connectivity index (χ3v) is 4.94. The summed E-state index contributed by atoms with van der Waals surface area (Å²) in [5, 5.41) is 12.0. The predicted molar refractivity (Wildman–Crippen MR) is 77.3 cm³/mol. The molecule has 0 bridgehead atoms. The number of rotatable bonds is 4. The van der Waals surface area contributed by atoms with Crippen molar-refractivity contribution in [1.82, 2.24) is 0 Å². The minimum Gasteiger partial charge on any atom is -0.477 e. The molecule has 2 aromatic rings. The van der Waals surface area contributed by atoms with Crippen molar-refractivity contribution in [2.24, 2.45) is 0 Å². The molecule has 1 aromatic carbocycles. The van der Waals surface area contributed by atoms with E-state index in [1.54, 1.807) is 23.6 Å². The maximum atomic E-state index is 11.0. The molecule has 1 heterocycles. The van der Waals surface area contributed by atoms with Gasteiger partial charge in [0.2, 0.25) is 0 Å². The van der Waals surface area contributed by atoms with Gasteiger partial charge >= 0.3 is 5.97 Å². The number of aromatic carboxylic acids is 1. The fraction of sp³-hybridized carbons (Fsp3) is 0.0833. The first-order valence-electron chi connectivity index (χ1n) is 4.95. The van der Waals surface area contributed by atoms with Gasteiger partial charge in [0.05, 0.1) is 5.02 Å². The molecule has 0 saturated carbocycles. The van der Waals surface area contributed by atoms with Crippen LogP contribution < -0.4 is 0 Å². The molecule has 0 atom stereocenters. The van der Waals surface area contributed by atoms with Crippen LogP contribution in [0, 0.1) is 0 Å². The van der Waals surface area contributed by atoms with E-state index >= 15 is 0 Å². The summed E-state index contributed by atoms with van der Waals surface area (Å²) >= 11 is 14.6. The number of thioether (sulfide) groups is 1. The third-order valence-electron chi connectivity index (χ3n) is 2.22. The Morgan fingerprint density at radius 3 is 2.83 bits per heavy atom. The minimum absolute atomic E-state index is 0.376. The molecule has 0 saturated heterocycles. The van der Waals surface area contributed by atoms with Crippen LogP contribution in [0.25, 0.3) is 0 Å². The maximum absolute atomic E-state index is 11.0. The fourth-order valence-corrected chi connectivity index (χ4v) is 3.72. The highest BCUT2D eigenvalue weighted by molar-refractivity contribution is 7.98. The lowest BCUT2D eigenvalue weighted by Crippen LogP contribution is -1.96. The first kappa shape index (κ1) is 13.7. The summed E-state index contributed by atoms with van der Waals surface area (Å²) in [6.45, 7) is 0. The van der Waals surface area contributed by atoms with Crippen molar-refractivity contribution in [2.45, 2.75) is 10.6 Å². The van der Waals surface area contributed by atoms with Crippen LogP contribution in [0.5, 0.6) is 0 Å². The van der Waals surface area contributed by atoms with Crippen LogP contribution in [0.15, 0.2) is 34.5 Å². The number of thiophene rings is 1. The SMILES string of the molecule is O=C(O)c1sccc1CSc1cc(Cl)ccc1Cl. The average molecular weight is 319 g/mol. The summed E-state index contributed by atoms with van der Waals surface area (Å²) in [4.78, 5) is 12.2. The number of hydrogen-bond donors (Lipinski definition) is 1. The molecular weight excluding hydrogens is 311 g/mol. The van der Waals surface area contributed by atoms with E-state index in [-0.39, 0.29) is 0 Å². The summed E-state index contributed by atoms with van der Waals surface area (Å²) in [5.74, 6) is -0.330. The second-order valence-corrected chi connectivity index (χ2v) is 6.22. The first-order chi connectivity index (χ1) is 8.58. The predicted octanol–water partition coefficient (Wildman–Crippen LogP) is 5.05. The van der Waals surface area contributed by atoms with Gasteiger partial charge in [-0.15, -0.1) is 23.1 Å². The average Bonchev–Trinajstić information content (AvgIpc) is 2.79.